The molecule has 1 N–H and O–H groups in total. The van der Waals surface area contributed by atoms with Crippen LogP contribution in [-0.2, 0) is 6.42 Å². The van der Waals surface area contributed by atoms with Crippen molar-refractivity contribution in [2.75, 3.05) is 0 Å². The van der Waals surface area contributed by atoms with E-state index in [0.29, 0.717) is 5.92 Å². The zero-order chi connectivity index (χ0) is 14.1. The first-order valence-electron chi connectivity index (χ1n) is 7.10. The molecule has 0 saturated carbocycles. The van der Waals surface area contributed by atoms with Crippen molar-refractivity contribution < 1.29 is 4.79 Å². The summed E-state index contributed by atoms with van der Waals surface area (Å²) in [5.41, 5.74) is 4.52. The fourth-order valence-electron chi connectivity index (χ4n) is 2.94. The molecule has 2 aromatic carbocycles. The molecule has 0 aliphatic heterocycles. The third-order valence-electron chi connectivity index (χ3n) is 4.10. The van der Waals surface area contributed by atoms with Gasteiger partial charge in [0.1, 0.15) is 0 Å². The number of rotatable bonds is 2. The molecular formula is C18H19NO. The summed E-state index contributed by atoms with van der Waals surface area (Å²) in [6.45, 7) is 4.22. The number of aryl methyl sites for hydroxylation is 1. The Morgan fingerprint density at radius 3 is 2.55 bits per heavy atom. The lowest BCUT2D eigenvalue weighted by Crippen LogP contribution is -2.30. The van der Waals surface area contributed by atoms with Crippen molar-refractivity contribution in [3.8, 4) is 0 Å². The van der Waals surface area contributed by atoms with Crippen LogP contribution < -0.4 is 5.32 Å². The molecule has 0 aromatic heterocycles. The van der Waals surface area contributed by atoms with Gasteiger partial charge in [0.25, 0.3) is 5.91 Å². The standard InChI is InChI=1S/C18H19NO/c1-12-7-9-14(10-8-12)18(20)19-17-13(2)11-15-5-3-4-6-16(15)17/h3-10,13,17H,11H2,1-2H3,(H,19,20). The van der Waals surface area contributed by atoms with Crippen LogP contribution in [-0.4, -0.2) is 5.91 Å². The van der Waals surface area contributed by atoms with Gasteiger partial charge in [-0.25, -0.2) is 0 Å². The summed E-state index contributed by atoms with van der Waals surface area (Å²) in [5, 5.41) is 3.18. The van der Waals surface area contributed by atoms with Crippen LogP contribution in [0.2, 0.25) is 0 Å². The van der Waals surface area contributed by atoms with Gasteiger partial charge in [-0.2, -0.15) is 0 Å². The smallest absolute Gasteiger partial charge is 0.251 e. The van der Waals surface area contributed by atoms with E-state index in [9.17, 15) is 4.79 Å². The van der Waals surface area contributed by atoms with Gasteiger partial charge < -0.3 is 5.32 Å². The van der Waals surface area contributed by atoms with Crippen LogP contribution in [0.5, 0.6) is 0 Å². The summed E-state index contributed by atoms with van der Waals surface area (Å²) >= 11 is 0. The van der Waals surface area contributed by atoms with E-state index in [0.717, 1.165) is 12.0 Å². The normalized spacial score (nSPS) is 20.5. The van der Waals surface area contributed by atoms with Gasteiger partial charge >= 0.3 is 0 Å². The van der Waals surface area contributed by atoms with Crippen molar-refractivity contribution in [1.82, 2.24) is 5.32 Å². The molecule has 0 heterocycles. The van der Waals surface area contributed by atoms with Gasteiger partial charge in [-0.3, -0.25) is 4.79 Å². The van der Waals surface area contributed by atoms with Crippen LogP contribution in [0.1, 0.15) is 40.0 Å². The molecule has 20 heavy (non-hydrogen) atoms. The highest BCUT2D eigenvalue weighted by atomic mass is 16.1. The minimum atomic E-state index is 0.0125. The predicted octanol–water partition coefficient (Wildman–Crippen LogP) is 3.66. The van der Waals surface area contributed by atoms with E-state index in [1.165, 1.54) is 16.7 Å². The largest absolute Gasteiger partial charge is 0.345 e. The molecule has 1 aliphatic carbocycles. The quantitative estimate of drug-likeness (QED) is 0.882. The fraction of sp³-hybridized carbons (Fsp3) is 0.278. The molecule has 2 atom stereocenters. The second kappa shape index (κ2) is 5.12. The minimum absolute atomic E-state index is 0.0125. The lowest BCUT2D eigenvalue weighted by Gasteiger charge is -2.19. The Bertz CT molecular complexity index is 630. The van der Waals surface area contributed by atoms with Gasteiger partial charge in [0.05, 0.1) is 6.04 Å². The Morgan fingerprint density at radius 2 is 1.80 bits per heavy atom. The Morgan fingerprint density at radius 1 is 1.10 bits per heavy atom. The van der Waals surface area contributed by atoms with Crippen molar-refractivity contribution in [1.29, 1.82) is 0 Å². The van der Waals surface area contributed by atoms with E-state index in [4.69, 9.17) is 0 Å². The zero-order valence-corrected chi connectivity index (χ0v) is 11.9. The predicted molar refractivity (Wildman–Crippen MR) is 80.7 cm³/mol. The highest BCUT2D eigenvalue weighted by Crippen LogP contribution is 2.35. The van der Waals surface area contributed by atoms with E-state index in [1.54, 1.807) is 0 Å². The maximum Gasteiger partial charge on any atom is 0.251 e. The molecule has 0 saturated heterocycles. The van der Waals surface area contributed by atoms with Crippen LogP contribution >= 0.6 is 0 Å². The Hall–Kier alpha value is -2.09. The van der Waals surface area contributed by atoms with Gasteiger partial charge in [0.15, 0.2) is 0 Å². The fourth-order valence-corrected chi connectivity index (χ4v) is 2.94. The van der Waals surface area contributed by atoms with E-state index >= 15 is 0 Å². The van der Waals surface area contributed by atoms with Gasteiger partial charge in [0, 0.05) is 5.56 Å². The van der Waals surface area contributed by atoms with Crippen molar-refractivity contribution in [3.05, 3.63) is 70.8 Å². The average Bonchev–Trinajstić information content (AvgIpc) is 2.76. The third-order valence-corrected chi connectivity index (χ3v) is 4.10. The first kappa shape index (κ1) is 12.9. The average molecular weight is 265 g/mol. The van der Waals surface area contributed by atoms with E-state index in [2.05, 4.69) is 30.4 Å². The number of nitrogens with one attached hydrogen (secondary N) is 1. The van der Waals surface area contributed by atoms with Crippen molar-refractivity contribution >= 4 is 5.91 Å². The number of hydrogen-bond donors (Lipinski definition) is 1. The molecule has 0 fully saturated rings. The summed E-state index contributed by atoms with van der Waals surface area (Å²) in [7, 11) is 0. The molecule has 2 aromatic rings. The van der Waals surface area contributed by atoms with Gasteiger partial charge in [-0.15, -0.1) is 0 Å². The molecule has 3 rings (SSSR count). The number of amides is 1. The van der Waals surface area contributed by atoms with Gasteiger partial charge in [-0.05, 0) is 42.5 Å². The lowest BCUT2D eigenvalue weighted by atomic mass is 10.0. The second-order valence-electron chi connectivity index (χ2n) is 5.70. The number of carbonyl (C=O) groups is 1. The topological polar surface area (TPSA) is 29.1 Å². The van der Waals surface area contributed by atoms with Crippen molar-refractivity contribution in [2.45, 2.75) is 26.3 Å². The molecule has 2 unspecified atom stereocenters. The maximum absolute atomic E-state index is 12.4. The molecule has 102 valence electrons. The highest BCUT2D eigenvalue weighted by Gasteiger charge is 2.30. The SMILES string of the molecule is Cc1ccc(C(=O)NC2c3ccccc3CC2C)cc1. The molecule has 2 nitrogen and oxygen atoms in total. The summed E-state index contributed by atoms with van der Waals surface area (Å²) in [6.07, 6.45) is 1.04. The Kier molecular flexibility index (Phi) is 3.31. The van der Waals surface area contributed by atoms with E-state index in [1.807, 2.05) is 37.3 Å². The summed E-state index contributed by atoms with van der Waals surface area (Å²) in [6, 6.07) is 16.2. The summed E-state index contributed by atoms with van der Waals surface area (Å²) in [4.78, 5) is 12.4. The molecule has 1 aliphatic rings. The zero-order valence-electron chi connectivity index (χ0n) is 11.9. The van der Waals surface area contributed by atoms with Crippen LogP contribution in [0.3, 0.4) is 0 Å². The molecule has 0 bridgehead atoms. The monoisotopic (exact) mass is 265 g/mol. The first-order chi connectivity index (χ1) is 9.65. The van der Waals surface area contributed by atoms with Gasteiger partial charge in [-0.1, -0.05) is 48.9 Å². The first-order valence-corrected chi connectivity index (χ1v) is 7.10. The highest BCUT2D eigenvalue weighted by molar-refractivity contribution is 5.94. The van der Waals surface area contributed by atoms with E-state index < -0.39 is 0 Å². The Labute approximate surface area is 119 Å². The number of fused-ring (bicyclic) bond motifs is 1. The van der Waals surface area contributed by atoms with Gasteiger partial charge in [0.2, 0.25) is 0 Å². The van der Waals surface area contributed by atoms with Crippen LogP contribution in [0.15, 0.2) is 48.5 Å². The number of benzene rings is 2. The number of carbonyl (C=O) groups excluding carboxylic acids is 1. The van der Waals surface area contributed by atoms with E-state index in [-0.39, 0.29) is 11.9 Å². The van der Waals surface area contributed by atoms with Crippen molar-refractivity contribution in [2.24, 2.45) is 5.92 Å². The lowest BCUT2D eigenvalue weighted by molar-refractivity contribution is 0.0927. The molecule has 1 amide bonds. The van der Waals surface area contributed by atoms with Crippen LogP contribution in [0, 0.1) is 12.8 Å². The van der Waals surface area contributed by atoms with Crippen LogP contribution in [0.4, 0.5) is 0 Å². The summed E-state index contributed by atoms with van der Waals surface area (Å²) < 4.78 is 0. The molecule has 0 spiro atoms. The maximum atomic E-state index is 12.4. The van der Waals surface area contributed by atoms with Crippen molar-refractivity contribution in [3.63, 3.8) is 0 Å². The number of hydrogen-bond acceptors (Lipinski definition) is 1. The summed E-state index contributed by atoms with van der Waals surface area (Å²) in [5.74, 6) is 0.459. The molecular weight excluding hydrogens is 246 g/mol. The van der Waals surface area contributed by atoms with Crippen LogP contribution in [0.25, 0.3) is 0 Å². The third kappa shape index (κ3) is 2.34. The minimum Gasteiger partial charge on any atom is -0.345 e. The molecule has 0 radical (unpaired) electrons. The molecule has 2 heteroatoms. The Balaban J connectivity index is 1.81. The second-order valence-corrected chi connectivity index (χ2v) is 5.70.